The first-order valence-electron chi connectivity index (χ1n) is 8.05. The van der Waals surface area contributed by atoms with Crippen LogP contribution in [0.2, 0.25) is 0 Å². The summed E-state index contributed by atoms with van der Waals surface area (Å²) in [7, 11) is 0. The summed E-state index contributed by atoms with van der Waals surface area (Å²) < 4.78 is 4.88. The van der Waals surface area contributed by atoms with Gasteiger partial charge in [0.15, 0.2) is 0 Å². The number of fused-ring (bicyclic) bond motifs is 1. The van der Waals surface area contributed by atoms with Gasteiger partial charge in [-0.15, -0.1) is 0 Å². The number of anilines is 2. The zero-order valence-electron chi connectivity index (χ0n) is 12.9. The molecule has 5 nitrogen and oxygen atoms in total. The topological polar surface area (TPSA) is 67.4 Å². The van der Waals surface area contributed by atoms with E-state index < -0.39 is 6.09 Å². The molecule has 1 aliphatic heterocycles. The fourth-order valence-electron chi connectivity index (χ4n) is 3.64. The van der Waals surface area contributed by atoms with Gasteiger partial charge in [0.05, 0.1) is 6.61 Å². The van der Waals surface area contributed by atoms with E-state index in [1.165, 1.54) is 31.2 Å². The Labute approximate surface area is 130 Å². The maximum absolute atomic E-state index is 12.0. The zero-order chi connectivity index (χ0) is 15.5. The fraction of sp³-hybridized carbons (Fsp3) is 0.529. The van der Waals surface area contributed by atoms with Gasteiger partial charge in [0.1, 0.15) is 0 Å². The molecule has 0 saturated heterocycles. The standard InChI is InChI=1S/C17H22N2O3/c1-2-22-17(21)18-12-7-8-13-14(11-5-3-4-6-11)10-16(20)19-15(13)9-12/h7-9,11,14H,2-6,10H2,1H3,(H,18,21)(H,19,20). The average Bonchev–Trinajstić information content (AvgIpc) is 3.00. The largest absolute Gasteiger partial charge is 0.450 e. The van der Waals surface area contributed by atoms with Crippen LogP contribution in [0.25, 0.3) is 0 Å². The molecule has 0 spiro atoms. The van der Waals surface area contributed by atoms with Gasteiger partial charge in [0, 0.05) is 17.8 Å². The number of amides is 2. The first kappa shape index (κ1) is 14.9. The first-order chi connectivity index (χ1) is 10.7. The van der Waals surface area contributed by atoms with Crippen molar-refractivity contribution in [3.63, 3.8) is 0 Å². The highest BCUT2D eigenvalue weighted by Gasteiger charge is 2.33. The van der Waals surface area contributed by atoms with E-state index in [2.05, 4.69) is 10.6 Å². The van der Waals surface area contributed by atoms with Crippen molar-refractivity contribution < 1.29 is 14.3 Å². The number of hydrogen-bond acceptors (Lipinski definition) is 3. The average molecular weight is 302 g/mol. The number of carbonyl (C=O) groups is 2. The molecule has 1 saturated carbocycles. The molecule has 0 aromatic heterocycles. The van der Waals surface area contributed by atoms with Crippen LogP contribution in [-0.2, 0) is 9.53 Å². The summed E-state index contributed by atoms with van der Waals surface area (Å²) in [5, 5.41) is 5.61. The summed E-state index contributed by atoms with van der Waals surface area (Å²) in [6.45, 7) is 2.09. The normalized spacial score (nSPS) is 21.1. The highest BCUT2D eigenvalue weighted by molar-refractivity contribution is 5.96. The van der Waals surface area contributed by atoms with Crippen molar-refractivity contribution >= 4 is 23.4 Å². The molecular formula is C17H22N2O3. The second-order valence-corrected chi connectivity index (χ2v) is 6.05. The van der Waals surface area contributed by atoms with Gasteiger partial charge < -0.3 is 10.1 Å². The van der Waals surface area contributed by atoms with Crippen LogP contribution in [0.4, 0.5) is 16.2 Å². The van der Waals surface area contributed by atoms with E-state index in [-0.39, 0.29) is 5.91 Å². The van der Waals surface area contributed by atoms with Crippen molar-refractivity contribution in [1.82, 2.24) is 0 Å². The van der Waals surface area contributed by atoms with Gasteiger partial charge in [-0.25, -0.2) is 4.79 Å². The van der Waals surface area contributed by atoms with Crippen LogP contribution >= 0.6 is 0 Å². The van der Waals surface area contributed by atoms with Crippen molar-refractivity contribution in [3.8, 4) is 0 Å². The van der Waals surface area contributed by atoms with Gasteiger partial charge in [-0.05, 0) is 49.3 Å². The van der Waals surface area contributed by atoms with Gasteiger partial charge in [-0.1, -0.05) is 18.9 Å². The molecule has 1 aliphatic carbocycles. The van der Waals surface area contributed by atoms with Crippen LogP contribution in [0.15, 0.2) is 18.2 Å². The van der Waals surface area contributed by atoms with Crippen molar-refractivity contribution in [2.45, 2.75) is 44.9 Å². The summed E-state index contributed by atoms with van der Waals surface area (Å²) in [5.41, 5.74) is 2.66. The Morgan fingerprint density at radius 3 is 2.86 bits per heavy atom. The Hall–Kier alpha value is -2.04. The molecule has 1 heterocycles. The predicted molar refractivity (Wildman–Crippen MR) is 85.0 cm³/mol. The molecular weight excluding hydrogens is 280 g/mol. The minimum absolute atomic E-state index is 0.0673. The van der Waals surface area contributed by atoms with E-state index in [9.17, 15) is 9.59 Å². The van der Waals surface area contributed by atoms with Crippen LogP contribution < -0.4 is 10.6 Å². The van der Waals surface area contributed by atoms with Crippen molar-refractivity contribution in [1.29, 1.82) is 0 Å². The monoisotopic (exact) mass is 302 g/mol. The lowest BCUT2D eigenvalue weighted by Gasteiger charge is -2.30. The lowest BCUT2D eigenvalue weighted by atomic mass is 9.79. The summed E-state index contributed by atoms with van der Waals surface area (Å²) in [6, 6.07) is 5.74. The number of carbonyl (C=O) groups excluding carboxylic acids is 2. The van der Waals surface area contributed by atoms with Crippen LogP contribution in [0.1, 0.15) is 50.5 Å². The van der Waals surface area contributed by atoms with E-state index in [1.807, 2.05) is 18.2 Å². The Bertz CT molecular complexity index is 579. The third kappa shape index (κ3) is 3.08. The molecule has 2 N–H and O–H groups in total. The number of hydrogen-bond donors (Lipinski definition) is 2. The Morgan fingerprint density at radius 1 is 1.36 bits per heavy atom. The lowest BCUT2D eigenvalue weighted by molar-refractivity contribution is -0.117. The molecule has 2 amide bonds. The molecule has 1 unspecified atom stereocenters. The van der Waals surface area contributed by atoms with E-state index in [0.29, 0.717) is 30.6 Å². The Kier molecular flexibility index (Phi) is 4.32. The maximum atomic E-state index is 12.0. The summed E-state index contributed by atoms with van der Waals surface area (Å²) >= 11 is 0. The van der Waals surface area contributed by atoms with Gasteiger partial charge in [0.25, 0.3) is 0 Å². The van der Waals surface area contributed by atoms with Crippen LogP contribution in [0, 0.1) is 5.92 Å². The van der Waals surface area contributed by atoms with Crippen LogP contribution in [0.5, 0.6) is 0 Å². The fourth-order valence-corrected chi connectivity index (χ4v) is 3.64. The highest BCUT2D eigenvalue weighted by atomic mass is 16.5. The van der Waals surface area contributed by atoms with Gasteiger partial charge in [-0.2, -0.15) is 0 Å². The summed E-state index contributed by atoms with van der Waals surface area (Å²) in [5.74, 6) is 0.981. The van der Waals surface area contributed by atoms with E-state index in [0.717, 1.165) is 5.69 Å². The van der Waals surface area contributed by atoms with Crippen LogP contribution in [0.3, 0.4) is 0 Å². The highest BCUT2D eigenvalue weighted by Crippen LogP contribution is 2.44. The molecule has 1 fully saturated rings. The molecule has 118 valence electrons. The third-order valence-electron chi connectivity index (χ3n) is 4.62. The summed E-state index contributed by atoms with van der Waals surface area (Å²) in [4.78, 5) is 23.5. The number of ether oxygens (including phenoxy) is 1. The minimum atomic E-state index is -0.475. The van der Waals surface area contributed by atoms with E-state index >= 15 is 0 Å². The molecule has 1 aromatic rings. The summed E-state index contributed by atoms with van der Waals surface area (Å²) in [6.07, 6.45) is 5.04. The zero-order valence-corrected chi connectivity index (χ0v) is 12.9. The van der Waals surface area contributed by atoms with Gasteiger partial charge in [-0.3, -0.25) is 10.1 Å². The number of nitrogens with one attached hydrogen (secondary N) is 2. The van der Waals surface area contributed by atoms with Gasteiger partial charge >= 0.3 is 6.09 Å². The molecule has 0 radical (unpaired) electrons. The Morgan fingerprint density at radius 2 is 2.14 bits per heavy atom. The smallest absolute Gasteiger partial charge is 0.411 e. The van der Waals surface area contributed by atoms with E-state index in [1.54, 1.807) is 6.92 Å². The van der Waals surface area contributed by atoms with Crippen molar-refractivity contribution in [3.05, 3.63) is 23.8 Å². The molecule has 1 atom stereocenters. The van der Waals surface area contributed by atoms with E-state index in [4.69, 9.17) is 4.74 Å². The number of rotatable bonds is 3. The second-order valence-electron chi connectivity index (χ2n) is 6.05. The second kappa shape index (κ2) is 6.38. The van der Waals surface area contributed by atoms with Gasteiger partial charge in [0.2, 0.25) is 5.91 Å². The molecule has 22 heavy (non-hydrogen) atoms. The maximum Gasteiger partial charge on any atom is 0.411 e. The SMILES string of the molecule is CCOC(=O)Nc1ccc2c(c1)NC(=O)CC2C1CCCC1. The molecule has 1 aromatic carbocycles. The molecule has 0 bridgehead atoms. The first-order valence-corrected chi connectivity index (χ1v) is 8.05. The molecule has 5 heteroatoms. The third-order valence-corrected chi connectivity index (χ3v) is 4.62. The quantitative estimate of drug-likeness (QED) is 0.890. The predicted octanol–water partition coefficient (Wildman–Crippen LogP) is 3.87. The van der Waals surface area contributed by atoms with Crippen molar-refractivity contribution in [2.75, 3.05) is 17.2 Å². The Balaban J connectivity index is 1.82. The van der Waals surface area contributed by atoms with Crippen molar-refractivity contribution in [2.24, 2.45) is 5.92 Å². The van der Waals surface area contributed by atoms with Crippen LogP contribution in [-0.4, -0.2) is 18.6 Å². The molecule has 2 aliphatic rings. The number of benzene rings is 1. The minimum Gasteiger partial charge on any atom is -0.450 e. The molecule has 3 rings (SSSR count). The lowest BCUT2D eigenvalue weighted by Crippen LogP contribution is -2.26.